The predicted octanol–water partition coefficient (Wildman–Crippen LogP) is 6.07. The molecule has 6 rings (SSSR count). The van der Waals surface area contributed by atoms with Gasteiger partial charge in [-0.05, 0) is 61.1 Å². The number of pyridine rings is 1. The molecular formula is C34H33FN6O2S. The van der Waals surface area contributed by atoms with Gasteiger partial charge >= 0.3 is 0 Å². The monoisotopic (exact) mass is 608 g/mol. The van der Waals surface area contributed by atoms with Crippen LogP contribution in [0.1, 0.15) is 24.8 Å². The van der Waals surface area contributed by atoms with Crippen molar-refractivity contribution in [2.24, 2.45) is 0 Å². The van der Waals surface area contributed by atoms with E-state index in [2.05, 4.69) is 77.3 Å². The first-order valence-corrected chi connectivity index (χ1v) is 15.7. The van der Waals surface area contributed by atoms with Crippen molar-refractivity contribution in [2.45, 2.75) is 37.8 Å². The lowest BCUT2D eigenvalue weighted by molar-refractivity contribution is -0.131. The average Bonchev–Trinajstić information content (AvgIpc) is 3.68. The molecule has 44 heavy (non-hydrogen) atoms. The van der Waals surface area contributed by atoms with E-state index in [4.69, 9.17) is 9.72 Å². The van der Waals surface area contributed by atoms with E-state index in [1.54, 1.807) is 11.3 Å². The summed E-state index contributed by atoms with van der Waals surface area (Å²) in [6.07, 6.45) is 2.26. The first kappa shape index (κ1) is 29.6. The van der Waals surface area contributed by atoms with Crippen LogP contribution in [0.4, 0.5) is 10.1 Å². The van der Waals surface area contributed by atoms with Crippen LogP contribution >= 0.6 is 11.3 Å². The molecule has 0 aliphatic carbocycles. The van der Waals surface area contributed by atoms with Gasteiger partial charge in [-0.25, -0.2) is 9.37 Å². The number of hydrogen-bond donors (Lipinski definition) is 0. The van der Waals surface area contributed by atoms with Crippen molar-refractivity contribution in [3.63, 3.8) is 0 Å². The highest BCUT2D eigenvalue weighted by Crippen LogP contribution is 2.40. The molecule has 8 nitrogen and oxygen atoms in total. The minimum absolute atomic E-state index is 0.0400. The van der Waals surface area contributed by atoms with E-state index in [1.165, 1.54) is 15.0 Å². The molecule has 2 saturated heterocycles. The summed E-state index contributed by atoms with van der Waals surface area (Å²) in [7, 11) is 2.09. The number of benzene rings is 2. The summed E-state index contributed by atoms with van der Waals surface area (Å²) < 4.78 is 21.5. The Kier molecular flexibility index (Phi) is 8.47. The van der Waals surface area contributed by atoms with Crippen LogP contribution in [-0.4, -0.2) is 72.6 Å². The van der Waals surface area contributed by atoms with E-state index in [9.17, 15) is 19.7 Å². The Hall–Kier alpha value is -4.51. The van der Waals surface area contributed by atoms with Gasteiger partial charge in [0.2, 0.25) is 5.88 Å². The second kappa shape index (κ2) is 12.6. The van der Waals surface area contributed by atoms with Crippen LogP contribution in [0.3, 0.4) is 0 Å². The number of ether oxygens (including phenoxy) is 1. The number of hydrogen-bond acceptors (Lipinski definition) is 8. The van der Waals surface area contributed by atoms with Crippen molar-refractivity contribution in [3.8, 4) is 29.1 Å². The number of anilines is 1. The third-order valence-corrected chi connectivity index (χ3v) is 9.67. The molecule has 2 aromatic carbocycles. The Labute approximate surface area is 260 Å². The highest BCUT2D eigenvalue weighted by Gasteiger charge is 2.34. The Morgan fingerprint density at radius 1 is 1.14 bits per heavy atom. The van der Waals surface area contributed by atoms with E-state index in [1.807, 2.05) is 6.07 Å². The van der Waals surface area contributed by atoms with Gasteiger partial charge < -0.3 is 19.4 Å². The number of thiophene rings is 1. The van der Waals surface area contributed by atoms with Crippen LogP contribution in [0.15, 0.2) is 60.3 Å². The zero-order valence-corrected chi connectivity index (χ0v) is 25.4. The summed E-state index contributed by atoms with van der Waals surface area (Å²) >= 11 is 1.70. The van der Waals surface area contributed by atoms with Crippen molar-refractivity contribution >= 4 is 43.9 Å². The number of nitriles is 2. The number of carbonyl (C=O) groups excluding carboxylic acids is 1. The molecule has 0 saturated carbocycles. The third-order valence-electron chi connectivity index (χ3n) is 8.78. The van der Waals surface area contributed by atoms with Crippen LogP contribution in [0.2, 0.25) is 0 Å². The Balaban J connectivity index is 1.47. The minimum Gasteiger partial charge on any atom is -0.476 e. The molecule has 0 spiro atoms. The van der Waals surface area contributed by atoms with Crippen LogP contribution < -0.4 is 9.64 Å². The van der Waals surface area contributed by atoms with Crippen LogP contribution in [0, 0.1) is 22.7 Å². The number of carbonyl (C=O) groups is 1. The molecule has 10 heteroatoms. The lowest BCUT2D eigenvalue weighted by Gasteiger charge is -2.42. The predicted molar refractivity (Wildman–Crippen MR) is 171 cm³/mol. The molecule has 1 amide bonds. The topological polar surface area (TPSA) is 96.5 Å². The highest BCUT2D eigenvalue weighted by atomic mass is 32.1. The molecule has 4 heterocycles. The summed E-state index contributed by atoms with van der Waals surface area (Å²) in [4.78, 5) is 23.4. The van der Waals surface area contributed by atoms with Crippen molar-refractivity contribution in [1.82, 2.24) is 14.8 Å². The zero-order chi connectivity index (χ0) is 30.8. The Bertz CT molecular complexity index is 1820. The highest BCUT2D eigenvalue weighted by molar-refractivity contribution is 7.17. The van der Waals surface area contributed by atoms with Gasteiger partial charge in [-0.1, -0.05) is 30.8 Å². The fourth-order valence-corrected chi connectivity index (χ4v) is 7.34. The number of nitrogens with zero attached hydrogens (tertiary/aromatic N) is 6. The number of halogens is 1. The molecule has 2 aliphatic rings. The maximum atomic E-state index is 13.9. The van der Waals surface area contributed by atoms with Crippen molar-refractivity contribution in [2.75, 3.05) is 44.7 Å². The summed E-state index contributed by atoms with van der Waals surface area (Å²) in [5, 5.41) is 23.6. The molecular weight excluding hydrogens is 575 g/mol. The van der Waals surface area contributed by atoms with Gasteiger partial charge in [0, 0.05) is 41.1 Å². The summed E-state index contributed by atoms with van der Waals surface area (Å²) in [5.74, 6) is -1.41. The summed E-state index contributed by atoms with van der Waals surface area (Å²) in [6, 6.07) is 18.8. The van der Waals surface area contributed by atoms with Gasteiger partial charge in [0.25, 0.3) is 5.91 Å². The smallest absolute Gasteiger partial charge is 0.282 e. The molecule has 2 aliphatic heterocycles. The maximum absolute atomic E-state index is 13.9. The number of amides is 1. The SMILES string of the molecule is C=C(F)C(=O)N1CCN(c2c(CC#N)c(OC[C@@H]3CCCN3C)nc3cc(-c4cccc5sccc45)ccc23)C[C@@H]1CC#N. The third kappa shape index (κ3) is 5.59. The van der Waals surface area contributed by atoms with E-state index in [-0.39, 0.29) is 25.4 Å². The molecule has 0 bridgehead atoms. The van der Waals surface area contributed by atoms with Gasteiger partial charge in [-0.2, -0.15) is 10.5 Å². The largest absolute Gasteiger partial charge is 0.476 e. The van der Waals surface area contributed by atoms with Crippen molar-refractivity contribution in [3.05, 3.63) is 65.8 Å². The molecule has 2 aromatic heterocycles. The first-order valence-electron chi connectivity index (χ1n) is 14.8. The number of likely N-dealkylation sites (tertiary alicyclic amines) is 1. The van der Waals surface area contributed by atoms with E-state index in [0.717, 1.165) is 47.1 Å². The maximum Gasteiger partial charge on any atom is 0.282 e. The number of likely N-dealkylation sites (N-methyl/N-ethyl adjacent to an activating group) is 1. The Morgan fingerprint density at radius 2 is 2.00 bits per heavy atom. The standard InChI is InChI=1S/C34H33FN6O2S/c1-22(35)34(42)41-17-16-40(20-24(41)10-13-36)32-28-9-8-23(26-6-3-7-31-27(26)12-18-44-31)19-30(28)38-33(29(32)11-14-37)43-21-25-5-4-15-39(25)2/h3,6-9,12,18-19,24-25H,1,4-5,10-11,15-17,20-21H2,2H3/t24-,25-/m0/s1. The molecule has 0 unspecified atom stereocenters. The van der Waals surface area contributed by atoms with E-state index < -0.39 is 17.8 Å². The molecule has 0 N–H and O–H groups in total. The number of fused-ring (bicyclic) bond motifs is 2. The number of piperazine rings is 1. The lowest BCUT2D eigenvalue weighted by atomic mass is 9.97. The number of aromatic nitrogens is 1. The number of rotatable bonds is 8. The van der Waals surface area contributed by atoms with Crippen LogP contribution in [0.25, 0.3) is 32.1 Å². The van der Waals surface area contributed by atoms with Crippen molar-refractivity contribution in [1.29, 1.82) is 10.5 Å². The second-order valence-corrected chi connectivity index (χ2v) is 12.3. The lowest BCUT2D eigenvalue weighted by Crippen LogP contribution is -2.55. The fraction of sp³-hybridized carbons (Fsp3) is 0.353. The van der Waals surface area contributed by atoms with E-state index >= 15 is 0 Å². The van der Waals surface area contributed by atoms with Gasteiger partial charge in [0.05, 0.1) is 47.8 Å². The quantitative estimate of drug-likeness (QED) is 0.224. The van der Waals surface area contributed by atoms with Gasteiger partial charge in [0.1, 0.15) is 6.61 Å². The van der Waals surface area contributed by atoms with Crippen molar-refractivity contribution < 1.29 is 13.9 Å². The van der Waals surface area contributed by atoms with E-state index in [0.29, 0.717) is 31.1 Å². The van der Waals surface area contributed by atoms with Crippen LogP contribution in [0.5, 0.6) is 5.88 Å². The zero-order valence-electron chi connectivity index (χ0n) is 24.6. The van der Waals surface area contributed by atoms with Crippen LogP contribution in [-0.2, 0) is 11.2 Å². The molecule has 2 fully saturated rings. The summed E-state index contributed by atoms with van der Waals surface area (Å²) in [6.45, 7) is 5.55. The molecule has 2 atom stereocenters. The molecule has 0 radical (unpaired) electrons. The van der Waals surface area contributed by atoms with Gasteiger partial charge in [-0.3, -0.25) is 4.79 Å². The summed E-state index contributed by atoms with van der Waals surface area (Å²) in [5.41, 5.74) is 4.35. The second-order valence-electron chi connectivity index (χ2n) is 11.4. The first-order chi connectivity index (χ1) is 21.4. The fourth-order valence-electron chi connectivity index (χ4n) is 6.52. The Morgan fingerprint density at radius 3 is 2.75 bits per heavy atom. The van der Waals surface area contributed by atoms with Gasteiger partial charge in [0.15, 0.2) is 5.83 Å². The molecule has 4 aromatic rings. The van der Waals surface area contributed by atoms with Gasteiger partial charge in [-0.15, -0.1) is 11.3 Å². The normalized spacial score (nSPS) is 18.8. The average molecular weight is 609 g/mol. The minimum atomic E-state index is -1.04. The molecule has 224 valence electrons.